The van der Waals surface area contributed by atoms with Gasteiger partial charge < -0.3 is 10.2 Å². The number of carbonyl (C=O) groups is 1. The van der Waals surface area contributed by atoms with Gasteiger partial charge in [0, 0.05) is 31.4 Å². The molecule has 1 N–H and O–H groups in total. The maximum atomic E-state index is 12.4. The predicted octanol–water partition coefficient (Wildman–Crippen LogP) is 1.13. The molecule has 0 radical (unpaired) electrons. The van der Waals surface area contributed by atoms with Gasteiger partial charge in [0.25, 0.3) is 5.91 Å². The Kier molecular flexibility index (Phi) is 3.43. The third-order valence-corrected chi connectivity index (χ3v) is 3.22. The third-order valence-electron chi connectivity index (χ3n) is 3.22. The number of nitrogens with one attached hydrogen (secondary N) is 1. The SMILES string of the molecule is Cc1ccc(C(=O)N2CCNC[C@H]2C)c(C)n1. The number of rotatable bonds is 1. The number of piperazine rings is 1. The maximum Gasteiger partial charge on any atom is 0.256 e. The molecule has 1 aromatic rings. The van der Waals surface area contributed by atoms with Gasteiger partial charge in [-0.1, -0.05) is 0 Å². The van der Waals surface area contributed by atoms with Crippen LogP contribution in [-0.4, -0.2) is 41.5 Å². The Hall–Kier alpha value is -1.42. The monoisotopic (exact) mass is 233 g/mol. The lowest BCUT2D eigenvalue weighted by Crippen LogP contribution is -2.52. The van der Waals surface area contributed by atoms with Crippen molar-refractivity contribution in [3.63, 3.8) is 0 Å². The van der Waals surface area contributed by atoms with Crippen molar-refractivity contribution in [1.82, 2.24) is 15.2 Å². The van der Waals surface area contributed by atoms with Crippen LogP contribution in [0.5, 0.6) is 0 Å². The fraction of sp³-hybridized carbons (Fsp3) is 0.538. The fourth-order valence-corrected chi connectivity index (χ4v) is 2.21. The van der Waals surface area contributed by atoms with Crippen molar-refractivity contribution in [2.45, 2.75) is 26.8 Å². The molecule has 4 heteroatoms. The number of aromatic nitrogens is 1. The zero-order valence-electron chi connectivity index (χ0n) is 10.7. The summed E-state index contributed by atoms with van der Waals surface area (Å²) < 4.78 is 0. The van der Waals surface area contributed by atoms with Gasteiger partial charge in [0.15, 0.2) is 0 Å². The zero-order chi connectivity index (χ0) is 12.4. The van der Waals surface area contributed by atoms with Crippen molar-refractivity contribution in [3.05, 3.63) is 29.1 Å². The van der Waals surface area contributed by atoms with Crippen LogP contribution in [0, 0.1) is 13.8 Å². The van der Waals surface area contributed by atoms with Gasteiger partial charge in [0.1, 0.15) is 0 Å². The highest BCUT2D eigenvalue weighted by Gasteiger charge is 2.25. The Balaban J connectivity index is 2.24. The molecule has 1 amide bonds. The normalized spacial score (nSPS) is 20.4. The lowest BCUT2D eigenvalue weighted by Gasteiger charge is -2.34. The lowest BCUT2D eigenvalue weighted by atomic mass is 10.1. The molecule has 0 aliphatic carbocycles. The maximum absolute atomic E-state index is 12.4. The van der Waals surface area contributed by atoms with Crippen molar-refractivity contribution >= 4 is 5.91 Å². The Labute approximate surface area is 102 Å². The highest BCUT2D eigenvalue weighted by atomic mass is 16.2. The summed E-state index contributed by atoms with van der Waals surface area (Å²) in [5.41, 5.74) is 2.50. The van der Waals surface area contributed by atoms with Crippen LogP contribution in [0.1, 0.15) is 28.7 Å². The van der Waals surface area contributed by atoms with Crippen LogP contribution in [0.2, 0.25) is 0 Å². The molecular formula is C13H19N3O. The summed E-state index contributed by atoms with van der Waals surface area (Å²) in [5.74, 6) is 0.101. The number of amides is 1. The topological polar surface area (TPSA) is 45.2 Å². The second kappa shape index (κ2) is 4.84. The predicted molar refractivity (Wildman–Crippen MR) is 67.1 cm³/mol. The molecular weight excluding hydrogens is 214 g/mol. The molecule has 1 aliphatic rings. The van der Waals surface area contributed by atoms with Gasteiger partial charge in [0.2, 0.25) is 0 Å². The minimum absolute atomic E-state index is 0.101. The van der Waals surface area contributed by atoms with Gasteiger partial charge >= 0.3 is 0 Å². The van der Waals surface area contributed by atoms with E-state index >= 15 is 0 Å². The van der Waals surface area contributed by atoms with Gasteiger partial charge in [-0.2, -0.15) is 0 Å². The van der Waals surface area contributed by atoms with Crippen LogP contribution >= 0.6 is 0 Å². The molecule has 0 unspecified atom stereocenters. The van der Waals surface area contributed by atoms with E-state index in [2.05, 4.69) is 17.2 Å². The molecule has 92 valence electrons. The molecule has 0 bridgehead atoms. The molecule has 4 nitrogen and oxygen atoms in total. The summed E-state index contributed by atoms with van der Waals surface area (Å²) in [4.78, 5) is 18.7. The van der Waals surface area contributed by atoms with Crippen LogP contribution in [0.15, 0.2) is 12.1 Å². The third kappa shape index (κ3) is 2.47. The molecule has 0 spiro atoms. The first kappa shape index (κ1) is 12.0. The van der Waals surface area contributed by atoms with Crippen molar-refractivity contribution in [3.8, 4) is 0 Å². The van der Waals surface area contributed by atoms with Gasteiger partial charge in [0.05, 0.1) is 11.3 Å². The minimum atomic E-state index is 0.101. The Morgan fingerprint density at radius 2 is 2.24 bits per heavy atom. The largest absolute Gasteiger partial charge is 0.333 e. The Morgan fingerprint density at radius 3 is 2.88 bits per heavy atom. The number of nitrogens with zero attached hydrogens (tertiary/aromatic N) is 2. The van der Waals surface area contributed by atoms with Crippen LogP contribution < -0.4 is 5.32 Å². The van der Waals surface area contributed by atoms with E-state index in [9.17, 15) is 4.79 Å². The van der Waals surface area contributed by atoms with Gasteiger partial charge in [-0.15, -0.1) is 0 Å². The van der Waals surface area contributed by atoms with Gasteiger partial charge in [-0.3, -0.25) is 9.78 Å². The quantitative estimate of drug-likeness (QED) is 0.791. The molecule has 1 aliphatic heterocycles. The summed E-state index contributed by atoms with van der Waals surface area (Å²) in [6.07, 6.45) is 0. The fourth-order valence-electron chi connectivity index (χ4n) is 2.21. The molecule has 0 aromatic carbocycles. The molecule has 0 saturated carbocycles. The van der Waals surface area contributed by atoms with Crippen molar-refractivity contribution in [1.29, 1.82) is 0 Å². The summed E-state index contributed by atoms with van der Waals surface area (Å²) >= 11 is 0. The lowest BCUT2D eigenvalue weighted by molar-refractivity contribution is 0.0654. The number of hydrogen-bond donors (Lipinski definition) is 1. The number of hydrogen-bond acceptors (Lipinski definition) is 3. The van der Waals surface area contributed by atoms with Crippen molar-refractivity contribution in [2.24, 2.45) is 0 Å². The number of pyridine rings is 1. The average Bonchev–Trinajstić information content (AvgIpc) is 2.29. The van der Waals surface area contributed by atoms with E-state index in [1.807, 2.05) is 30.9 Å². The van der Waals surface area contributed by atoms with Gasteiger partial charge in [-0.05, 0) is 32.9 Å². The summed E-state index contributed by atoms with van der Waals surface area (Å²) in [7, 11) is 0. The van der Waals surface area contributed by atoms with Crippen LogP contribution in [0.4, 0.5) is 0 Å². The van der Waals surface area contributed by atoms with Gasteiger partial charge in [-0.25, -0.2) is 0 Å². The van der Waals surface area contributed by atoms with Crippen LogP contribution in [-0.2, 0) is 0 Å². The zero-order valence-corrected chi connectivity index (χ0v) is 10.7. The van der Waals surface area contributed by atoms with Crippen LogP contribution in [0.25, 0.3) is 0 Å². The second-order valence-electron chi connectivity index (χ2n) is 4.64. The van der Waals surface area contributed by atoms with Crippen molar-refractivity contribution in [2.75, 3.05) is 19.6 Å². The van der Waals surface area contributed by atoms with E-state index in [0.717, 1.165) is 36.6 Å². The molecule has 1 atom stereocenters. The van der Waals surface area contributed by atoms with Crippen molar-refractivity contribution < 1.29 is 4.79 Å². The van der Waals surface area contributed by atoms with Crippen LogP contribution in [0.3, 0.4) is 0 Å². The molecule has 1 fully saturated rings. The molecule has 1 aromatic heterocycles. The minimum Gasteiger partial charge on any atom is -0.333 e. The summed E-state index contributed by atoms with van der Waals surface area (Å²) in [5, 5.41) is 3.29. The van der Waals surface area contributed by atoms with E-state index < -0.39 is 0 Å². The Bertz CT molecular complexity index is 431. The van der Waals surface area contributed by atoms with E-state index in [1.165, 1.54) is 0 Å². The van der Waals surface area contributed by atoms with E-state index in [-0.39, 0.29) is 11.9 Å². The van der Waals surface area contributed by atoms with E-state index in [0.29, 0.717) is 0 Å². The molecule has 17 heavy (non-hydrogen) atoms. The summed E-state index contributed by atoms with van der Waals surface area (Å²) in [6.45, 7) is 8.41. The standard InChI is InChI=1S/C13H19N3O/c1-9-4-5-12(11(3)15-9)13(17)16-7-6-14-8-10(16)2/h4-5,10,14H,6-8H2,1-3H3/t10-/m1/s1. The first-order chi connectivity index (χ1) is 8.09. The molecule has 2 heterocycles. The molecule has 2 rings (SSSR count). The highest BCUT2D eigenvalue weighted by Crippen LogP contribution is 2.13. The molecule has 1 saturated heterocycles. The summed E-state index contributed by atoms with van der Waals surface area (Å²) in [6, 6.07) is 4.03. The first-order valence-electron chi connectivity index (χ1n) is 6.05. The van der Waals surface area contributed by atoms with E-state index in [1.54, 1.807) is 0 Å². The number of aryl methyl sites for hydroxylation is 2. The average molecular weight is 233 g/mol. The number of carbonyl (C=O) groups excluding carboxylic acids is 1. The highest BCUT2D eigenvalue weighted by molar-refractivity contribution is 5.95. The Morgan fingerprint density at radius 1 is 1.47 bits per heavy atom. The second-order valence-corrected chi connectivity index (χ2v) is 4.64. The van der Waals surface area contributed by atoms with E-state index in [4.69, 9.17) is 0 Å². The first-order valence-corrected chi connectivity index (χ1v) is 6.05. The smallest absolute Gasteiger partial charge is 0.256 e.